The average molecular weight is 284 g/mol. The van der Waals surface area contributed by atoms with Gasteiger partial charge in [0.2, 0.25) is 0 Å². The van der Waals surface area contributed by atoms with Crippen molar-refractivity contribution in [1.29, 1.82) is 0 Å². The Morgan fingerprint density at radius 1 is 1.00 bits per heavy atom. The van der Waals surface area contributed by atoms with Crippen molar-refractivity contribution in [1.82, 2.24) is 9.78 Å². The Morgan fingerprint density at radius 2 is 1.70 bits per heavy atom. The molecule has 0 aliphatic carbocycles. The number of nitrogens with two attached hydrogens (primary N) is 1. The molecule has 3 rings (SSSR count). The van der Waals surface area contributed by atoms with Crippen molar-refractivity contribution in [3.05, 3.63) is 71.4 Å². The molecule has 0 fully saturated rings. The second-order valence-electron chi connectivity index (χ2n) is 4.48. The quantitative estimate of drug-likeness (QED) is 0.797. The zero-order chi connectivity index (χ0) is 13.9. The van der Waals surface area contributed by atoms with Gasteiger partial charge in [-0.2, -0.15) is 5.10 Å². The molecular formula is C16H14ClN3. The van der Waals surface area contributed by atoms with E-state index in [1.165, 1.54) is 0 Å². The van der Waals surface area contributed by atoms with E-state index in [4.69, 9.17) is 17.3 Å². The molecule has 0 spiro atoms. The third kappa shape index (κ3) is 2.46. The van der Waals surface area contributed by atoms with Gasteiger partial charge in [0.15, 0.2) is 0 Å². The van der Waals surface area contributed by atoms with Crippen molar-refractivity contribution < 1.29 is 0 Å². The molecule has 0 amide bonds. The first-order valence-corrected chi connectivity index (χ1v) is 6.76. The van der Waals surface area contributed by atoms with Gasteiger partial charge in [-0.05, 0) is 30.3 Å². The van der Waals surface area contributed by atoms with E-state index in [-0.39, 0.29) is 0 Å². The van der Waals surface area contributed by atoms with Gasteiger partial charge in [-0.15, -0.1) is 0 Å². The Morgan fingerprint density at radius 3 is 2.35 bits per heavy atom. The van der Waals surface area contributed by atoms with Crippen LogP contribution >= 0.6 is 11.6 Å². The summed E-state index contributed by atoms with van der Waals surface area (Å²) in [7, 11) is 0. The fourth-order valence-electron chi connectivity index (χ4n) is 2.12. The van der Waals surface area contributed by atoms with Crippen LogP contribution in [-0.2, 0) is 6.54 Å². The number of rotatable bonds is 3. The fraction of sp³-hybridized carbons (Fsp3) is 0.0625. The van der Waals surface area contributed by atoms with Gasteiger partial charge in [-0.1, -0.05) is 41.9 Å². The van der Waals surface area contributed by atoms with Crippen LogP contribution in [0.1, 0.15) is 5.69 Å². The second kappa shape index (κ2) is 5.49. The van der Waals surface area contributed by atoms with Crippen LogP contribution in [-0.4, -0.2) is 9.78 Å². The Balaban J connectivity index is 2.15. The van der Waals surface area contributed by atoms with Gasteiger partial charge in [0.05, 0.1) is 17.1 Å². The van der Waals surface area contributed by atoms with Gasteiger partial charge in [0.25, 0.3) is 0 Å². The van der Waals surface area contributed by atoms with Crippen molar-refractivity contribution in [3.63, 3.8) is 0 Å². The van der Waals surface area contributed by atoms with E-state index in [0.29, 0.717) is 11.6 Å². The maximum atomic E-state index is 5.94. The van der Waals surface area contributed by atoms with Crippen LogP contribution in [0.4, 0.5) is 0 Å². The molecule has 0 saturated heterocycles. The Hall–Kier alpha value is -2.10. The summed E-state index contributed by atoms with van der Waals surface area (Å²) in [5, 5.41) is 5.26. The van der Waals surface area contributed by atoms with Gasteiger partial charge in [0, 0.05) is 17.1 Å². The highest BCUT2D eigenvalue weighted by Gasteiger charge is 2.10. The zero-order valence-electron chi connectivity index (χ0n) is 10.8. The maximum absolute atomic E-state index is 5.94. The van der Waals surface area contributed by atoms with Crippen LogP contribution in [0.3, 0.4) is 0 Å². The van der Waals surface area contributed by atoms with E-state index >= 15 is 0 Å². The lowest BCUT2D eigenvalue weighted by Crippen LogP contribution is -2.01. The van der Waals surface area contributed by atoms with Crippen LogP contribution in [0.5, 0.6) is 0 Å². The molecule has 0 radical (unpaired) electrons. The van der Waals surface area contributed by atoms with Gasteiger partial charge < -0.3 is 5.73 Å². The number of aromatic nitrogens is 2. The molecule has 3 aromatic rings. The summed E-state index contributed by atoms with van der Waals surface area (Å²) in [5.74, 6) is 0. The molecule has 4 heteroatoms. The Kier molecular flexibility index (Phi) is 3.54. The fourth-order valence-corrected chi connectivity index (χ4v) is 2.25. The average Bonchev–Trinajstić information content (AvgIpc) is 2.93. The van der Waals surface area contributed by atoms with E-state index in [0.717, 1.165) is 22.6 Å². The van der Waals surface area contributed by atoms with Gasteiger partial charge >= 0.3 is 0 Å². The largest absolute Gasteiger partial charge is 0.325 e. The van der Waals surface area contributed by atoms with Crippen LogP contribution < -0.4 is 5.73 Å². The predicted octanol–water partition coefficient (Wildman–Crippen LogP) is 3.65. The molecule has 0 aliphatic heterocycles. The third-order valence-corrected chi connectivity index (χ3v) is 3.36. The van der Waals surface area contributed by atoms with Crippen molar-refractivity contribution in [3.8, 4) is 16.9 Å². The molecule has 0 atom stereocenters. The number of nitrogens with zero attached hydrogens (tertiary/aromatic N) is 2. The molecule has 100 valence electrons. The smallest absolute Gasteiger partial charge is 0.0771 e. The van der Waals surface area contributed by atoms with E-state index in [2.05, 4.69) is 17.2 Å². The minimum atomic E-state index is 0.417. The number of benzene rings is 2. The van der Waals surface area contributed by atoms with E-state index in [9.17, 15) is 0 Å². The summed E-state index contributed by atoms with van der Waals surface area (Å²) in [6, 6.07) is 19.8. The summed E-state index contributed by atoms with van der Waals surface area (Å²) < 4.78 is 1.90. The summed E-state index contributed by atoms with van der Waals surface area (Å²) in [4.78, 5) is 0. The van der Waals surface area contributed by atoms with E-state index in [1.807, 2.05) is 53.2 Å². The molecule has 0 aliphatic rings. The maximum Gasteiger partial charge on any atom is 0.0771 e. The minimum Gasteiger partial charge on any atom is -0.325 e. The van der Waals surface area contributed by atoms with Crippen LogP contribution in [0.25, 0.3) is 16.9 Å². The first-order chi connectivity index (χ1) is 9.78. The second-order valence-corrected chi connectivity index (χ2v) is 4.92. The molecule has 1 aromatic heterocycles. The lowest BCUT2D eigenvalue weighted by Gasteiger charge is -2.07. The standard InChI is InChI=1S/C16H14ClN3/c17-13-6-8-15(9-7-13)20-16(10-14(11-18)19-20)12-4-2-1-3-5-12/h1-10H,11,18H2. The van der Waals surface area contributed by atoms with Crippen LogP contribution in [0, 0.1) is 0 Å². The van der Waals surface area contributed by atoms with Crippen LogP contribution in [0.15, 0.2) is 60.7 Å². The van der Waals surface area contributed by atoms with Gasteiger partial charge in [0.1, 0.15) is 0 Å². The summed E-state index contributed by atoms with van der Waals surface area (Å²) in [5.41, 5.74) is 9.67. The van der Waals surface area contributed by atoms with Crippen molar-refractivity contribution in [2.75, 3.05) is 0 Å². The number of hydrogen-bond donors (Lipinski definition) is 1. The normalized spacial score (nSPS) is 10.7. The molecule has 20 heavy (non-hydrogen) atoms. The first kappa shape index (κ1) is 12.9. The minimum absolute atomic E-state index is 0.417. The molecular weight excluding hydrogens is 270 g/mol. The SMILES string of the molecule is NCc1cc(-c2ccccc2)n(-c2ccc(Cl)cc2)n1. The van der Waals surface area contributed by atoms with Gasteiger partial charge in [-0.3, -0.25) is 0 Å². The lowest BCUT2D eigenvalue weighted by molar-refractivity contribution is 0.838. The molecule has 2 aromatic carbocycles. The summed E-state index contributed by atoms with van der Waals surface area (Å²) >= 11 is 5.94. The van der Waals surface area contributed by atoms with Crippen molar-refractivity contribution >= 4 is 11.6 Å². The first-order valence-electron chi connectivity index (χ1n) is 6.38. The highest BCUT2D eigenvalue weighted by atomic mass is 35.5. The molecule has 3 nitrogen and oxygen atoms in total. The third-order valence-electron chi connectivity index (χ3n) is 3.11. The zero-order valence-corrected chi connectivity index (χ0v) is 11.6. The van der Waals surface area contributed by atoms with Crippen LogP contribution in [0.2, 0.25) is 5.02 Å². The predicted molar refractivity (Wildman–Crippen MR) is 81.9 cm³/mol. The number of hydrogen-bond acceptors (Lipinski definition) is 2. The molecule has 2 N–H and O–H groups in total. The number of halogens is 1. The van der Waals surface area contributed by atoms with Crippen molar-refractivity contribution in [2.45, 2.75) is 6.54 Å². The highest BCUT2D eigenvalue weighted by molar-refractivity contribution is 6.30. The van der Waals surface area contributed by atoms with Gasteiger partial charge in [-0.25, -0.2) is 4.68 Å². The summed E-state index contributed by atoms with van der Waals surface area (Å²) in [6.07, 6.45) is 0. The summed E-state index contributed by atoms with van der Waals surface area (Å²) in [6.45, 7) is 0.417. The monoisotopic (exact) mass is 283 g/mol. The van der Waals surface area contributed by atoms with Crippen molar-refractivity contribution in [2.24, 2.45) is 5.73 Å². The molecule has 0 bridgehead atoms. The van der Waals surface area contributed by atoms with E-state index in [1.54, 1.807) is 0 Å². The molecule has 0 saturated carbocycles. The molecule has 1 heterocycles. The highest BCUT2D eigenvalue weighted by Crippen LogP contribution is 2.24. The molecule has 0 unspecified atom stereocenters. The Labute approximate surface area is 122 Å². The lowest BCUT2D eigenvalue weighted by atomic mass is 10.1. The topological polar surface area (TPSA) is 43.8 Å². The van der Waals surface area contributed by atoms with E-state index < -0.39 is 0 Å². The Bertz CT molecular complexity index is 702.